The fourth-order valence-electron chi connectivity index (χ4n) is 8.52. The SMILES string of the molecule is C[C@H](CC(F)(F)COS(=O)(=O)C(F)(F)F)[C@H]1CC[C@H]2[C@@H]3CC=C4CC(O)CC[C@]4(C)[C@H]3CC[C@]12C. The molecule has 0 aromatic heterocycles. The van der Waals surface area contributed by atoms with Gasteiger partial charge < -0.3 is 5.11 Å². The highest BCUT2D eigenvalue weighted by atomic mass is 32.2. The molecule has 3 saturated carbocycles. The van der Waals surface area contributed by atoms with E-state index < -0.39 is 40.5 Å². The highest BCUT2D eigenvalue weighted by Crippen LogP contribution is 2.67. The van der Waals surface area contributed by atoms with Crippen molar-refractivity contribution >= 4 is 10.1 Å². The van der Waals surface area contributed by atoms with Crippen LogP contribution in [0.5, 0.6) is 0 Å². The van der Waals surface area contributed by atoms with E-state index in [9.17, 15) is 35.5 Å². The van der Waals surface area contributed by atoms with E-state index in [2.05, 4.69) is 24.1 Å². The van der Waals surface area contributed by atoms with Gasteiger partial charge in [-0.15, -0.1) is 0 Å². The summed E-state index contributed by atoms with van der Waals surface area (Å²) >= 11 is 0. The van der Waals surface area contributed by atoms with Crippen LogP contribution < -0.4 is 0 Å². The molecule has 3 fully saturated rings. The smallest absolute Gasteiger partial charge is 0.393 e. The Morgan fingerprint density at radius 3 is 2.43 bits per heavy atom. The molecule has 1 unspecified atom stereocenters. The van der Waals surface area contributed by atoms with E-state index in [1.54, 1.807) is 6.92 Å². The Hall–Kier alpha value is -0.740. The zero-order chi connectivity index (χ0) is 26.0. The zero-order valence-electron chi connectivity index (χ0n) is 20.6. The van der Waals surface area contributed by atoms with Gasteiger partial charge in [-0.2, -0.15) is 21.6 Å². The standard InChI is InChI=1S/C25H37F5O4S/c1-15(13-24(26,27)14-34-35(32,33)25(28,29)30)19-6-7-20-18-5-4-16-12-17(31)8-10-22(16,2)21(18)9-11-23(19,20)3/h4,15,17-21,31H,5-14H2,1-3H3/t15-,17?,18+,19-,20+,21+,22+,23-/m1/s1. The zero-order valence-corrected chi connectivity index (χ0v) is 21.4. The molecule has 4 rings (SSSR count). The van der Waals surface area contributed by atoms with Crippen molar-refractivity contribution < 1.29 is 39.7 Å². The van der Waals surface area contributed by atoms with Crippen LogP contribution in [-0.2, 0) is 14.3 Å². The number of halogens is 5. The lowest BCUT2D eigenvalue weighted by Gasteiger charge is -2.58. The Balaban J connectivity index is 1.45. The molecule has 4 nitrogen and oxygen atoms in total. The van der Waals surface area contributed by atoms with Gasteiger partial charge in [0.25, 0.3) is 5.92 Å². The predicted molar refractivity (Wildman–Crippen MR) is 121 cm³/mol. The molecule has 0 amide bonds. The van der Waals surface area contributed by atoms with E-state index in [0.29, 0.717) is 17.8 Å². The normalized spacial score (nSPS) is 40.9. The van der Waals surface area contributed by atoms with Crippen LogP contribution in [0.25, 0.3) is 0 Å². The van der Waals surface area contributed by atoms with E-state index in [1.807, 2.05) is 0 Å². The fraction of sp³-hybridized carbons (Fsp3) is 0.920. The number of hydrogen-bond donors (Lipinski definition) is 1. The molecule has 8 atom stereocenters. The summed E-state index contributed by atoms with van der Waals surface area (Å²) < 4.78 is 92.3. The van der Waals surface area contributed by atoms with Gasteiger partial charge in [-0.3, -0.25) is 4.18 Å². The van der Waals surface area contributed by atoms with Gasteiger partial charge >= 0.3 is 15.6 Å². The van der Waals surface area contributed by atoms with Gasteiger partial charge in [0.05, 0.1) is 6.10 Å². The Kier molecular flexibility index (Phi) is 6.96. The van der Waals surface area contributed by atoms with E-state index in [0.717, 1.165) is 51.4 Å². The first-order valence-corrected chi connectivity index (χ1v) is 14.1. The van der Waals surface area contributed by atoms with Gasteiger partial charge in [-0.05, 0) is 91.8 Å². The van der Waals surface area contributed by atoms with Gasteiger partial charge in [0.15, 0.2) is 0 Å². The summed E-state index contributed by atoms with van der Waals surface area (Å²) in [5.74, 6) is -2.79. The van der Waals surface area contributed by atoms with Gasteiger partial charge in [-0.1, -0.05) is 32.4 Å². The van der Waals surface area contributed by atoms with Crippen molar-refractivity contribution in [2.24, 2.45) is 40.4 Å². The van der Waals surface area contributed by atoms with Gasteiger partial charge in [0.2, 0.25) is 0 Å². The van der Waals surface area contributed by atoms with Crippen LogP contribution in [0, 0.1) is 40.4 Å². The lowest BCUT2D eigenvalue weighted by molar-refractivity contribution is -0.0929. The second-order valence-electron chi connectivity index (χ2n) is 12.1. The van der Waals surface area contributed by atoms with Crippen molar-refractivity contribution in [1.82, 2.24) is 0 Å². The summed E-state index contributed by atoms with van der Waals surface area (Å²) in [6.07, 6.45) is 8.46. The highest BCUT2D eigenvalue weighted by Gasteiger charge is 2.59. The average Bonchev–Trinajstić information content (AvgIpc) is 3.09. The number of fused-ring (bicyclic) bond motifs is 5. The van der Waals surface area contributed by atoms with Gasteiger partial charge in [0, 0.05) is 6.42 Å². The molecule has 4 aliphatic carbocycles. The average molecular weight is 529 g/mol. The van der Waals surface area contributed by atoms with Gasteiger partial charge in [-0.25, -0.2) is 8.78 Å². The molecule has 10 heteroatoms. The third-order valence-electron chi connectivity index (χ3n) is 10.2. The molecule has 4 aliphatic rings. The minimum absolute atomic E-state index is 0.00934. The van der Waals surface area contributed by atoms with E-state index >= 15 is 0 Å². The maximum absolute atomic E-state index is 14.5. The minimum atomic E-state index is -6.05. The predicted octanol–water partition coefficient (Wildman–Crippen LogP) is 6.45. The molecule has 0 radical (unpaired) electrons. The molecule has 0 aromatic rings. The second-order valence-corrected chi connectivity index (χ2v) is 13.7. The van der Waals surface area contributed by atoms with Crippen molar-refractivity contribution in [3.8, 4) is 0 Å². The second kappa shape index (κ2) is 8.93. The summed E-state index contributed by atoms with van der Waals surface area (Å²) in [6.45, 7) is 4.43. The Labute approximate surface area is 204 Å². The van der Waals surface area contributed by atoms with Crippen LogP contribution in [0.1, 0.15) is 78.6 Å². The number of aliphatic hydroxyl groups excluding tert-OH is 1. The molecule has 0 aliphatic heterocycles. The molecule has 0 heterocycles. The highest BCUT2D eigenvalue weighted by molar-refractivity contribution is 7.87. The molecule has 0 saturated heterocycles. The molecule has 0 spiro atoms. The Morgan fingerprint density at radius 2 is 1.77 bits per heavy atom. The third-order valence-corrected chi connectivity index (χ3v) is 11.2. The minimum Gasteiger partial charge on any atom is -0.393 e. The first kappa shape index (κ1) is 27.3. The summed E-state index contributed by atoms with van der Waals surface area (Å²) in [6, 6.07) is 0. The number of alkyl halides is 5. The molecule has 35 heavy (non-hydrogen) atoms. The van der Waals surface area contributed by atoms with Crippen LogP contribution >= 0.6 is 0 Å². The molecular formula is C25H37F5O4S. The number of hydrogen-bond acceptors (Lipinski definition) is 4. The maximum atomic E-state index is 14.5. The topological polar surface area (TPSA) is 63.6 Å². The van der Waals surface area contributed by atoms with Crippen LogP contribution in [0.3, 0.4) is 0 Å². The van der Waals surface area contributed by atoms with E-state index in [4.69, 9.17) is 0 Å². The van der Waals surface area contributed by atoms with Crippen LogP contribution in [-0.4, -0.2) is 37.7 Å². The molecular weight excluding hydrogens is 491 g/mol. The van der Waals surface area contributed by atoms with Crippen molar-refractivity contribution in [2.75, 3.05) is 6.61 Å². The van der Waals surface area contributed by atoms with Gasteiger partial charge in [0.1, 0.15) is 6.61 Å². The van der Waals surface area contributed by atoms with Crippen molar-refractivity contribution in [1.29, 1.82) is 0 Å². The molecule has 0 bridgehead atoms. The summed E-state index contributed by atoms with van der Waals surface area (Å²) in [5.41, 5.74) is -4.40. The first-order valence-electron chi connectivity index (χ1n) is 12.7. The van der Waals surface area contributed by atoms with Crippen LogP contribution in [0.2, 0.25) is 0 Å². The largest absolute Gasteiger partial charge is 0.523 e. The summed E-state index contributed by atoms with van der Waals surface area (Å²) in [7, 11) is -6.05. The van der Waals surface area contributed by atoms with Crippen molar-refractivity contribution in [3.63, 3.8) is 0 Å². The van der Waals surface area contributed by atoms with E-state index in [-0.39, 0.29) is 22.9 Å². The Bertz CT molecular complexity index is 948. The van der Waals surface area contributed by atoms with E-state index in [1.165, 1.54) is 5.57 Å². The molecule has 202 valence electrons. The summed E-state index contributed by atoms with van der Waals surface area (Å²) in [4.78, 5) is 0. The Morgan fingerprint density at radius 1 is 1.09 bits per heavy atom. The lowest BCUT2D eigenvalue weighted by atomic mass is 9.47. The monoisotopic (exact) mass is 528 g/mol. The fourth-order valence-corrected chi connectivity index (χ4v) is 8.98. The quantitative estimate of drug-likeness (QED) is 0.186. The summed E-state index contributed by atoms with van der Waals surface area (Å²) in [5, 5.41) is 10.2. The van der Waals surface area contributed by atoms with Crippen molar-refractivity contribution in [3.05, 3.63) is 11.6 Å². The number of rotatable bonds is 6. The van der Waals surface area contributed by atoms with Crippen LogP contribution in [0.4, 0.5) is 22.0 Å². The first-order chi connectivity index (χ1) is 16.0. The molecule has 1 N–H and O–H groups in total. The maximum Gasteiger partial charge on any atom is 0.523 e. The number of allylic oxidation sites excluding steroid dienone is 1. The molecule has 0 aromatic carbocycles. The third kappa shape index (κ3) is 4.80. The van der Waals surface area contributed by atoms with Crippen LogP contribution in [0.15, 0.2) is 11.6 Å². The van der Waals surface area contributed by atoms with Crippen molar-refractivity contribution in [2.45, 2.75) is 96.1 Å². The lowest BCUT2D eigenvalue weighted by Crippen LogP contribution is -2.51. The number of aliphatic hydroxyl groups is 1.